The van der Waals surface area contributed by atoms with Crippen LogP contribution in [0.5, 0.6) is 0 Å². The molecule has 0 aliphatic heterocycles. The van der Waals surface area contributed by atoms with E-state index in [1.54, 1.807) is 0 Å². The summed E-state index contributed by atoms with van der Waals surface area (Å²) >= 11 is 0. The van der Waals surface area contributed by atoms with Crippen molar-refractivity contribution in [1.82, 2.24) is 0 Å². The zero-order chi connectivity index (χ0) is 23.3. The lowest BCUT2D eigenvalue weighted by atomic mass is 9.95. The van der Waals surface area contributed by atoms with E-state index >= 15 is 0 Å². The van der Waals surface area contributed by atoms with Gasteiger partial charge in [0.25, 0.3) is 0 Å². The lowest BCUT2D eigenvalue weighted by Gasteiger charge is -2.09. The maximum absolute atomic E-state index is 2.26. The monoisotopic (exact) mass is 438 g/mol. The standard InChI is InChI=1S/C34H30/c1-5-15-29(16-6-1)25-27-33(31-19-9-3-10-20-31)23-13-14-24-34(32-21-11-4-12-22-32)28-26-30-17-7-2-8-18-30/h1-28,33-34H/b23-13+,24-14+,27-25+,28-26+. The van der Waals surface area contributed by atoms with Crippen molar-refractivity contribution < 1.29 is 0 Å². The zero-order valence-corrected chi connectivity index (χ0v) is 19.3. The van der Waals surface area contributed by atoms with Gasteiger partial charge in [0.2, 0.25) is 0 Å². The van der Waals surface area contributed by atoms with Gasteiger partial charge in [0.1, 0.15) is 0 Å². The summed E-state index contributed by atoms with van der Waals surface area (Å²) in [5.74, 6) is 0.419. The van der Waals surface area contributed by atoms with E-state index in [0.717, 1.165) is 0 Å². The summed E-state index contributed by atoms with van der Waals surface area (Å²) in [5.41, 5.74) is 4.98. The minimum absolute atomic E-state index is 0.209. The molecule has 4 aromatic rings. The normalized spacial score (nSPS) is 13.8. The number of hydrogen-bond donors (Lipinski definition) is 0. The molecule has 0 saturated heterocycles. The van der Waals surface area contributed by atoms with E-state index in [0.29, 0.717) is 0 Å². The Bertz CT molecular complexity index is 1110. The third-order valence-electron chi connectivity index (χ3n) is 5.71. The van der Waals surface area contributed by atoms with E-state index in [-0.39, 0.29) is 11.8 Å². The first-order valence-corrected chi connectivity index (χ1v) is 11.8. The maximum Gasteiger partial charge on any atom is 0.0205 e. The molecule has 0 radical (unpaired) electrons. The SMILES string of the molecule is C(/C=C/C(/C=C/c1ccccc1)c1ccccc1)=C\C(/C=C/c1ccccc1)c1ccccc1. The quantitative estimate of drug-likeness (QED) is 0.229. The van der Waals surface area contributed by atoms with E-state index in [1.165, 1.54) is 22.3 Å². The molecule has 4 aromatic carbocycles. The zero-order valence-electron chi connectivity index (χ0n) is 19.3. The van der Waals surface area contributed by atoms with Gasteiger partial charge in [0, 0.05) is 11.8 Å². The summed E-state index contributed by atoms with van der Waals surface area (Å²) in [6, 6.07) is 42.2. The van der Waals surface area contributed by atoms with Gasteiger partial charge in [-0.2, -0.15) is 0 Å². The van der Waals surface area contributed by atoms with Gasteiger partial charge in [-0.3, -0.25) is 0 Å². The molecule has 0 nitrogen and oxygen atoms in total. The van der Waals surface area contributed by atoms with E-state index in [4.69, 9.17) is 0 Å². The molecule has 0 saturated carbocycles. The molecule has 2 atom stereocenters. The van der Waals surface area contributed by atoms with Crippen LogP contribution in [-0.2, 0) is 0 Å². The summed E-state index contributed by atoms with van der Waals surface area (Å²) in [6.45, 7) is 0. The minimum atomic E-state index is 0.209. The highest BCUT2D eigenvalue weighted by Gasteiger charge is 2.04. The molecule has 34 heavy (non-hydrogen) atoms. The molecule has 0 N–H and O–H groups in total. The van der Waals surface area contributed by atoms with Crippen LogP contribution in [-0.4, -0.2) is 0 Å². The minimum Gasteiger partial charge on any atom is -0.0732 e. The number of hydrogen-bond acceptors (Lipinski definition) is 0. The molecule has 0 aliphatic rings. The molecule has 0 bridgehead atoms. The first-order valence-electron chi connectivity index (χ1n) is 11.8. The van der Waals surface area contributed by atoms with Crippen LogP contribution in [0.25, 0.3) is 12.2 Å². The predicted octanol–water partition coefficient (Wildman–Crippen LogP) is 9.09. The van der Waals surface area contributed by atoms with Gasteiger partial charge < -0.3 is 0 Å². The molecule has 0 spiro atoms. The van der Waals surface area contributed by atoms with Gasteiger partial charge in [0.15, 0.2) is 0 Å². The first-order chi connectivity index (χ1) is 16.9. The highest BCUT2D eigenvalue weighted by atomic mass is 14.1. The largest absolute Gasteiger partial charge is 0.0732 e. The smallest absolute Gasteiger partial charge is 0.0205 e. The second-order valence-electron chi connectivity index (χ2n) is 8.18. The Morgan fingerprint density at radius 1 is 0.353 bits per heavy atom. The van der Waals surface area contributed by atoms with Crippen LogP contribution in [0, 0.1) is 0 Å². The van der Waals surface area contributed by atoms with Crippen LogP contribution in [0.4, 0.5) is 0 Å². The summed E-state index contributed by atoms with van der Waals surface area (Å²) in [7, 11) is 0. The van der Waals surface area contributed by atoms with E-state index < -0.39 is 0 Å². The lowest BCUT2D eigenvalue weighted by molar-refractivity contribution is 1.08. The van der Waals surface area contributed by atoms with Crippen LogP contribution in [0.2, 0.25) is 0 Å². The first kappa shape index (κ1) is 23.0. The Morgan fingerprint density at radius 3 is 1.03 bits per heavy atom. The van der Waals surface area contributed by atoms with Crippen LogP contribution < -0.4 is 0 Å². The van der Waals surface area contributed by atoms with Crippen LogP contribution >= 0.6 is 0 Å². The van der Waals surface area contributed by atoms with Gasteiger partial charge in [-0.05, 0) is 22.3 Å². The Labute approximate surface area is 203 Å². The van der Waals surface area contributed by atoms with E-state index in [1.807, 2.05) is 12.1 Å². The molecule has 0 aliphatic carbocycles. The van der Waals surface area contributed by atoms with Crippen molar-refractivity contribution in [3.05, 3.63) is 180 Å². The predicted molar refractivity (Wildman–Crippen MR) is 148 cm³/mol. The lowest BCUT2D eigenvalue weighted by Crippen LogP contribution is -1.91. The molecule has 166 valence electrons. The van der Waals surface area contributed by atoms with Gasteiger partial charge in [0.05, 0.1) is 0 Å². The summed E-state index contributed by atoms with van der Waals surface area (Å²) < 4.78 is 0. The Kier molecular flexibility index (Phi) is 8.64. The average Bonchev–Trinajstić information content (AvgIpc) is 2.92. The summed E-state index contributed by atoms with van der Waals surface area (Å²) in [5, 5.41) is 0. The van der Waals surface area contributed by atoms with Crippen molar-refractivity contribution in [2.24, 2.45) is 0 Å². The van der Waals surface area contributed by atoms with Crippen LogP contribution in [0.15, 0.2) is 158 Å². The van der Waals surface area contributed by atoms with E-state index in [9.17, 15) is 0 Å². The fourth-order valence-electron chi connectivity index (χ4n) is 3.85. The highest BCUT2D eigenvalue weighted by molar-refractivity contribution is 5.52. The third-order valence-corrected chi connectivity index (χ3v) is 5.71. The van der Waals surface area contributed by atoms with Crippen molar-refractivity contribution in [1.29, 1.82) is 0 Å². The number of allylic oxidation sites excluding steroid dienone is 6. The summed E-state index contributed by atoms with van der Waals surface area (Å²) in [6.07, 6.45) is 17.8. The number of rotatable bonds is 9. The molecule has 0 heterocycles. The highest BCUT2D eigenvalue weighted by Crippen LogP contribution is 2.22. The third kappa shape index (κ3) is 7.18. The molecular weight excluding hydrogens is 408 g/mol. The van der Waals surface area contributed by atoms with Gasteiger partial charge in [-0.1, -0.05) is 170 Å². The Balaban J connectivity index is 1.53. The fraction of sp³-hybridized carbons (Fsp3) is 0.0588. The van der Waals surface area contributed by atoms with Gasteiger partial charge >= 0.3 is 0 Å². The average molecular weight is 439 g/mol. The van der Waals surface area contributed by atoms with Crippen LogP contribution in [0.1, 0.15) is 34.1 Å². The molecular formula is C34H30. The Hall–Kier alpha value is -4.16. The molecule has 0 fully saturated rings. The van der Waals surface area contributed by atoms with Crippen molar-refractivity contribution in [2.75, 3.05) is 0 Å². The molecule has 2 unspecified atom stereocenters. The topological polar surface area (TPSA) is 0 Å². The molecule has 0 amide bonds. The molecule has 0 aromatic heterocycles. The Morgan fingerprint density at radius 2 is 0.676 bits per heavy atom. The second kappa shape index (κ2) is 12.8. The molecule has 4 rings (SSSR count). The van der Waals surface area contributed by atoms with Crippen molar-refractivity contribution in [3.8, 4) is 0 Å². The maximum atomic E-state index is 2.26. The second-order valence-corrected chi connectivity index (χ2v) is 8.18. The van der Waals surface area contributed by atoms with Gasteiger partial charge in [-0.15, -0.1) is 0 Å². The van der Waals surface area contributed by atoms with Crippen molar-refractivity contribution >= 4 is 12.2 Å². The van der Waals surface area contributed by atoms with Crippen molar-refractivity contribution in [2.45, 2.75) is 11.8 Å². The van der Waals surface area contributed by atoms with Crippen molar-refractivity contribution in [3.63, 3.8) is 0 Å². The fourth-order valence-corrected chi connectivity index (χ4v) is 3.85. The number of benzene rings is 4. The van der Waals surface area contributed by atoms with Gasteiger partial charge in [-0.25, -0.2) is 0 Å². The van der Waals surface area contributed by atoms with Crippen LogP contribution in [0.3, 0.4) is 0 Å². The van der Waals surface area contributed by atoms with E-state index in [2.05, 4.69) is 158 Å². The molecule has 0 heteroatoms. The summed E-state index contributed by atoms with van der Waals surface area (Å²) in [4.78, 5) is 0.